The summed E-state index contributed by atoms with van der Waals surface area (Å²) in [4.78, 5) is 34.3. The smallest absolute Gasteiger partial charge is 0.339 e. The molecule has 0 unspecified atom stereocenters. The number of nitrogens with zero attached hydrogens (tertiary/aromatic N) is 5. The summed E-state index contributed by atoms with van der Waals surface area (Å²) < 4.78 is 0.866. The van der Waals surface area contributed by atoms with E-state index in [9.17, 15) is 25.0 Å². The molecule has 0 fully saturated rings. The Kier molecular flexibility index (Phi) is 3.08. The maximum atomic E-state index is 11.1. The van der Waals surface area contributed by atoms with Gasteiger partial charge < -0.3 is 5.11 Å². The zero-order valence-corrected chi connectivity index (χ0v) is 9.53. The molecule has 0 bridgehead atoms. The number of carboxylic acids is 1. The standard InChI is InChI=1S/C9H5N5O6/c15-9(16)7-1-5(13(17)18)2-10-8(7)12-4-6(3-11-12)14(19)20/h1-4H,(H,15,16). The molecular formula is C9H5N5O6. The van der Waals surface area contributed by atoms with E-state index in [1.807, 2.05) is 0 Å². The fourth-order valence-corrected chi connectivity index (χ4v) is 1.41. The molecule has 0 spiro atoms. The van der Waals surface area contributed by atoms with Crippen LogP contribution in [-0.4, -0.2) is 35.7 Å². The topological polar surface area (TPSA) is 154 Å². The molecule has 0 aliphatic rings. The lowest BCUT2D eigenvalue weighted by Gasteiger charge is -2.03. The van der Waals surface area contributed by atoms with Crippen molar-refractivity contribution in [2.75, 3.05) is 0 Å². The Morgan fingerprint density at radius 2 is 1.85 bits per heavy atom. The lowest BCUT2D eigenvalue weighted by Crippen LogP contribution is -2.09. The molecule has 0 radical (unpaired) electrons. The van der Waals surface area contributed by atoms with E-state index >= 15 is 0 Å². The van der Waals surface area contributed by atoms with Crippen LogP contribution in [0, 0.1) is 20.2 Å². The van der Waals surface area contributed by atoms with E-state index < -0.39 is 27.1 Å². The molecule has 102 valence electrons. The Morgan fingerprint density at radius 1 is 1.20 bits per heavy atom. The number of hydrogen-bond acceptors (Lipinski definition) is 7. The quantitative estimate of drug-likeness (QED) is 0.635. The Morgan fingerprint density at radius 3 is 2.35 bits per heavy atom. The average Bonchev–Trinajstić information content (AvgIpc) is 2.87. The summed E-state index contributed by atoms with van der Waals surface area (Å²) in [6.07, 6.45) is 2.71. The minimum atomic E-state index is -1.46. The van der Waals surface area contributed by atoms with Crippen LogP contribution in [0.1, 0.15) is 10.4 Å². The van der Waals surface area contributed by atoms with Crippen molar-refractivity contribution in [3.63, 3.8) is 0 Å². The van der Waals surface area contributed by atoms with E-state index in [1.165, 1.54) is 0 Å². The summed E-state index contributed by atoms with van der Waals surface area (Å²) in [5.74, 6) is -1.72. The van der Waals surface area contributed by atoms with Crippen molar-refractivity contribution >= 4 is 17.3 Å². The zero-order valence-electron chi connectivity index (χ0n) is 9.53. The maximum absolute atomic E-state index is 11.1. The molecule has 0 atom stereocenters. The van der Waals surface area contributed by atoms with Gasteiger partial charge in [-0.3, -0.25) is 20.2 Å². The number of aromatic nitrogens is 3. The van der Waals surface area contributed by atoms with Crippen LogP contribution >= 0.6 is 0 Å². The highest BCUT2D eigenvalue weighted by Gasteiger charge is 2.20. The summed E-state index contributed by atoms with van der Waals surface area (Å²) in [5, 5.41) is 33.7. The Balaban J connectivity index is 2.57. The number of pyridine rings is 1. The molecular weight excluding hydrogens is 274 g/mol. The van der Waals surface area contributed by atoms with E-state index in [0.717, 1.165) is 29.3 Å². The van der Waals surface area contributed by atoms with Gasteiger partial charge in [-0.1, -0.05) is 0 Å². The van der Waals surface area contributed by atoms with Gasteiger partial charge in [-0.2, -0.15) is 5.10 Å². The fourth-order valence-electron chi connectivity index (χ4n) is 1.41. The molecule has 2 heterocycles. The summed E-state index contributed by atoms with van der Waals surface area (Å²) in [5.41, 5.74) is -1.36. The molecule has 2 aromatic heterocycles. The molecule has 2 rings (SSSR count). The number of rotatable bonds is 4. The van der Waals surface area contributed by atoms with Crippen molar-refractivity contribution in [2.45, 2.75) is 0 Å². The van der Waals surface area contributed by atoms with Crippen molar-refractivity contribution < 1.29 is 19.7 Å². The van der Waals surface area contributed by atoms with Crippen LogP contribution in [0.5, 0.6) is 0 Å². The van der Waals surface area contributed by atoms with Crippen LogP contribution in [-0.2, 0) is 0 Å². The summed E-state index contributed by atoms with van der Waals surface area (Å²) in [7, 11) is 0. The highest BCUT2D eigenvalue weighted by Crippen LogP contribution is 2.20. The second kappa shape index (κ2) is 4.72. The lowest BCUT2D eigenvalue weighted by molar-refractivity contribution is -0.385. The number of carboxylic acid groups (broad SMARTS) is 1. The minimum absolute atomic E-state index is 0.254. The van der Waals surface area contributed by atoms with Gasteiger partial charge in [0.05, 0.1) is 9.85 Å². The molecule has 0 amide bonds. The van der Waals surface area contributed by atoms with E-state index in [4.69, 9.17) is 5.11 Å². The third kappa shape index (κ3) is 2.27. The maximum Gasteiger partial charge on any atom is 0.339 e. The van der Waals surface area contributed by atoms with Crippen LogP contribution in [0.15, 0.2) is 24.7 Å². The van der Waals surface area contributed by atoms with Crippen LogP contribution in [0.4, 0.5) is 11.4 Å². The molecule has 20 heavy (non-hydrogen) atoms. The van der Waals surface area contributed by atoms with Crippen molar-refractivity contribution in [1.82, 2.24) is 14.8 Å². The van der Waals surface area contributed by atoms with Crippen LogP contribution in [0.2, 0.25) is 0 Å². The van der Waals surface area contributed by atoms with E-state index in [1.54, 1.807) is 0 Å². The van der Waals surface area contributed by atoms with Gasteiger partial charge in [0.1, 0.15) is 24.2 Å². The first kappa shape index (κ1) is 13.1. The van der Waals surface area contributed by atoms with E-state index in [0.29, 0.717) is 0 Å². The van der Waals surface area contributed by atoms with Crippen molar-refractivity contribution in [3.8, 4) is 5.82 Å². The summed E-state index contributed by atoms with van der Waals surface area (Å²) >= 11 is 0. The van der Waals surface area contributed by atoms with Crippen LogP contribution in [0.25, 0.3) is 5.82 Å². The van der Waals surface area contributed by atoms with Gasteiger partial charge >= 0.3 is 11.7 Å². The molecule has 0 aliphatic carbocycles. The third-order valence-electron chi connectivity index (χ3n) is 2.29. The first-order valence-electron chi connectivity index (χ1n) is 4.97. The van der Waals surface area contributed by atoms with Gasteiger partial charge in [-0.25, -0.2) is 14.5 Å². The molecule has 0 saturated heterocycles. The van der Waals surface area contributed by atoms with Gasteiger partial charge in [0, 0.05) is 6.07 Å². The lowest BCUT2D eigenvalue weighted by atomic mass is 10.2. The monoisotopic (exact) mass is 279 g/mol. The number of carbonyl (C=O) groups is 1. The summed E-state index contributed by atoms with van der Waals surface area (Å²) in [6, 6.07) is 0.804. The highest BCUT2D eigenvalue weighted by atomic mass is 16.6. The molecule has 2 aromatic rings. The largest absolute Gasteiger partial charge is 0.478 e. The first-order chi connectivity index (χ1) is 9.40. The molecule has 1 N–H and O–H groups in total. The number of aromatic carboxylic acids is 1. The summed E-state index contributed by atoms with van der Waals surface area (Å²) in [6.45, 7) is 0. The Bertz CT molecular complexity index is 723. The van der Waals surface area contributed by atoms with Crippen molar-refractivity contribution in [3.05, 3.63) is 50.4 Å². The third-order valence-corrected chi connectivity index (χ3v) is 2.29. The predicted molar refractivity (Wildman–Crippen MR) is 61.6 cm³/mol. The molecule has 11 nitrogen and oxygen atoms in total. The number of nitro groups is 2. The second-order valence-corrected chi connectivity index (χ2v) is 3.53. The van der Waals surface area contributed by atoms with E-state index in [-0.39, 0.29) is 11.5 Å². The van der Waals surface area contributed by atoms with Crippen molar-refractivity contribution in [1.29, 1.82) is 0 Å². The van der Waals surface area contributed by atoms with Gasteiger partial charge in [-0.15, -0.1) is 0 Å². The van der Waals surface area contributed by atoms with Crippen LogP contribution in [0.3, 0.4) is 0 Å². The SMILES string of the molecule is O=C(O)c1cc([N+](=O)[O-])cnc1-n1cc([N+](=O)[O-])cn1. The number of hydrogen-bond donors (Lipinski definition) is 1. The van der Waals surface area contributed by atoms with Gasteiger partial charge in [0.15, 0.2) is 5.82 Å². The van der Waals surface area contributed by atoms with Gasteiger partial charge in [-0.05, 0) is 0 Å². The van der Waals surface area contributed by atoms with Crippen molar-refractivity contribution in [2.24, 2.45) is 0 Å². The highest BCUT2D eigenvalue weighted by molar-refractivity contribution is 5.91. The van der Waals surface area contributed by atoms with Gasteiger partial charge in [0.2, 0.25) is 0 Å². The molecule has 0 aliphatic heterocycles. The first-order valence-corrected chi connectivity index (χ1v) is 4.97. The van der Waals surface area contributed by atoms with Gasteiger partial charge in [0.25, 0.3) is 5.69 Å². The fraction of sp³-hybridized carbons (Fsp3) is 0. The minimum Gasteiger partial charge on any atom is -0.478 e. The second-order valence-electron chi connectivity index (χ2n) is 3.53. The van der Waals surface area contributed by atoms with E-state index in [2.05, 4.69) is 10.1 Å². The molecule has 0 saturated carbocycles. The molecule has 11 heteroatoms. The Hall–Kier alpha value is -3.37. The average molecular weight is 279 g/mol. The molecule has 0 aromatic carbocycles. The van der Waals surface area contributed by atoms with Crippen LogP contribution < -0.4 is 0 Å². The Labute approximate surface area is 109 Å². The normalized spacial score (nSPS) is 10.2. The zero-order chi connectivity index (χ0) is 14.9. The predicted octanol–water partition coefficient (Wildman–Crippen LogP) is 0.782.